The molecule has 1 aromatic carbocycles. The third-order valence-electron chi connectivity index (χ3n) is 3.56. The number of aromatic nitrogens is 2. The second-order valence-electron chi connectivity index (χ2n) is 5.23. The van der Waals surface area contributed by atoms with Crippen molar-refractivity contribution in [2.24, 2.45) is 0 Å². The van der Waals surface area contributed by atoms with Crippen LogP contribution in [0, 0.1) is 0 Å². The van der Waals surface area contributed by atoms with Crippen LogP contribution >= 0.6 is 11.6 Å². The van der Waals surface area contributed by atoms with Crippen LogP contribution in [0.1, 0.15) is 5.56 Å². The average molecular weight is 362 g/mol. The van der Waals surface area contributed by atoms with Crippen molar-refractivity contribution in [1.82, 2.24) is 14.3 Å². The van der Waals surface area contributed by atoms with Gasteiger partial charge in [0.05, 0.1) is 5.69 Å². The van der Waals surface area contributed by atoms with Crippen molar-refractivity contribution in [3.05, 3.63) is 71.6 Å². The van der Waals surface area contributed by atoms with E-state index in [0.29, 0.717) is 22.8 Å². The van der Waals surface area contributed by atoms with Gasteiger partial charge in [0.15, 0.2) is 0 Å². The Labute approximate surface area is 146 Å². The molecule has 0 unspecified atom stereocenters. The van der Waals surface area contributed by atoms with E-state index in [4.69, 9.17) is 11.6 Å². The highest BCUT2D eigenvalue weighted by atomic mass is 35.5. The molecule has 0 atom stereocenters. The Morgan fingerprint density at radius 3 is 2.67 bits per heavy atom. The van der Waals surface area contributed by atoms with Crippen LogP contribution in [0.5, 0.6) is 0 Å². The van der Waals surface area contributed by atoms with Gasteiger partial charge in [0.2, 0.25) is 0 Å². The first-order valence-electron chi connectivity index (χ1n) is 7.30. The molecule has 0 saturated carbocycles. The predicted molar refractivity (Wildman–Crippen MR) is 94.5 cm³/mol. The summed E-state index contributed by atoms with van der Waals surface area (Å²) in [6.45, 7) is 0.549. The first-order valence-corrected chi connectivity index (χ1v) is 9.12. The molecule has 1 N–H and O–H groups in total. The number of pyridine rings is 1. The Morgan fingerprint density at radius 2 is 2.00 bits per heavy atom. The van der Waals surface area contributed by atoms with Crippen molar-refractivity contribution in [3.8, 4) is 11.3 Å². The van der Waals surface area contributed by atoms with E-state index in [1.54, 1.807) is 24.4 Å². The Bertz CT molecular complexity index is 953. The topological polar surface area (TPSA) is 64.0 Å². The van der Waals surface area contributed by atoms with Crippen LogP contribution in [0.15, 0.2) is 66.0 Å². The van der Waals surface area contributed by atoms with E-state index in [2.05, 4.69) is 10.3 Å². The zero-order valence-electron chi connectivity index (χ0n) is 13.0. The molecule has 7 heteroatoms. The van der Waals surface area contributed by atoms with Crippen LogP contribution in [0.2, 0.25) is 5.02 Å². The summed E-state index contributed by atoms with van der Waals surface area (Å²) in [5, 5.41) is 3.52. The van der Waals surface area contributed by atoms with E-state index in [0.717, 1.165) is 5.56 Å². The second-order valence-corrected chi connectivity index (χ2v) is 7.46. The zero-order valence-corrected chi connectivity index (χ0v) is 14.6. The molecule has 3 rings (SSSR count). The Morgan fingerprint density at radius 1 is 1.21 bits per heavy atom. The molecule has 0 saturated heterocycles. The van der Waals surface area contributed by atoms with E-state index >= 15 is 0 Å². The zero-order chi connectivity index (χ0) is 17.2. The third-order valence-corrected chi connectivity index (χ3v) is 5.55. The molecule has 2 aromatic heterocycles. The van der Waals surface area contributed by atoms with Gasteiger partial charge in [-0.2, -0.15) is 0 Å². The monoisotopic (exact) mass is 361 g/mol. The van der Waals surface area contributed by atoms with Gasteiger partial charge in [0, 0.05) is 35.7 Å². The highest BCUT2D eigenvalue weighted by Gasteiger charge is 2.22. The molecule has 24 heavy (non-hydrogen) atoms. The Hall–Kier alpha value is -2.15. The summed E-state index contributed by atoms with van der Waals surface area (Å²) in [7, 11) is -1.96. The fourth-order valence-electron chi connectivity index (χ4n) is 2.47. The Balaban J connectivity index is 2.23. The summed E-state index contributed by atoms with van der Waals surface area (Å²) in [6, 6.07) is 12.1. The number of halogens is 1. The minimum Gasteiger partial charge on any atom is -0.316 e. The van der Waals surface area contributed by atoms with Crippen LogP contribution in [-0.4, -0.2) is 24.4 Å². The first kappa shape index (κ1) is 16.7. The van der Waals surface area contributed by atoms with E-state index in [1.165, 1.54) is 22.4 Å². The lowest BCUT2D eigenvalue weighted by Crippen LogP contribution is -2.13. The van der Waals surface area contributed by atoms with Gasteiger partial charge in [-0.05, 0) is 36.9 Å². The van der Waals surface area contributed by atoms with Gasteiger partial charge in [0.1, 0.15) is 4.90 Å². The fraction of sp³-hybridized carbons (Fsp3) is 0.118. The summed E-state index contributed by atoms with van der Waals surface area (Å²) in [5.41, 5.74) is 2.03. The molecule has 0 aliphatic carbocycles. The number of rotatable bonds is 5. The SMILES string of the molecule is CNCc1cc(-c2ccccc2Cl)n(S(=O)(=O)c2cccnc2)c1. The quantitative estimate of drug-likeness (QED) is 0.758. The third kappa shape index (κ3) is 3.08. The molecule has 0 amide bonds. The lowest BCUT2D eigenvalue weighted by molar-refractivity contribution is 0.587. The van der Waals surface area contributed by atoms with Gasteiger partial charge in [-0.1, -0.05) is 29.8 Å². The van der Waals surface area contributed by atoms with Gasteiger partial charge >= 0.3 is 0 Å². The number of hydrogen-bond donors (Lipinski definition) is 1. The molecule has 2 heterocycles. The summed E-state index contributed by atoms with van der Waals surface area (Å²) in [6.07, 6.45) is 4.48. The minimum atomic E-state index is -3.76. The van der Waals surface area contributed by atoms with Crippen molar-refractivity contribution in [3.63, 3.8) is 0 Å². The predicted octanol–water partition coefficient (Wildman–Crippen LogP) is 3.16. The van der Waals surface area contributed by atoms with Gasteiger partial charge in [-0.25, -0.2) is 12.4 Å². The van der Waals surface area contributed by atoms with Crippen molar-refractivity contribution < 1.29 is 8.42 Å². The largest absolute Gasteiger partial charge is 0.316 e. The molecule has 0 aliphatic rings. The lowest BCUT2D eigenvalue weighted by Gasteiger charge is -2.11. The summed E-state index contributed by atoms with van der Waals surface area (Å²) in [5.74, 6) is 0. The van der Waals surface area contributed by atoms with Crippen molar-refractivity contribution in [2.75, 3.05) is 7.05 Å². The van der Waals surface area contributed by atoms with Crippen molar-refractivity contribution in [2.45, 2.75) is 11.4 Å². The number of nitrogens with one attached hydrogen (secondary N) is 1. The summed E-state index contributed by atoms with van der Waals surface area (Å²) in [4.78, 5) is 4.04. The summed E-state index contributed by atoms with van der Waals surface area (Å²) >= 11 is 6.28. The molecule has 0 radical (unpaired) electrons. The maximum atomic E-state index is 13.0. The lowest BCUT2D eigenvalue weighted by atomic mass is 10.1. The molecule has 3 aromatic rings. The average Bonchev–Trinajstić information content (AvgIpc) is 3.01. The molecule has 5 nitrogen and oxygen atoms in total. The van der Waals surface area contributed by atoms with Gasteiger partial charge in [0.25, 0.3) is 10.0 Å². The smallest absolute Gasteiger partial charge is 0.269 e. The molecular formula is C17H16ClN3O2S. The number of hydrogen-bond acceptors (Lipinski definition) is 4. The molecule has 0 fully saturated rings. The molecule has 0 aliphatic heterocycles. The van der Waals surface area contributed by atoms with Crippen LogP contribution in [0.25, 0.3) is 11.3 Å². The molecular weight excluding hydrogens is 346 g/mol. The van der Waals surface area contributed by atoms with Crippen LogP contribution in [0.4, 0.5) is 0 Å². The maximum absolute atomic E-state index is 13.0. The fourth-order valence-corrected chi connectivity index (χ4v) is 4.06. The van der Waals surface area contributed by atoms with Gasteiger partial charge in [-0.3, -0.25) is 4.98 Å². The van der Waals surface area contributed by atoms with E-state index < -0.39 is 10.0 Å². The van der Waals surface area contributed by atoms with Crippen LogP contribution in [0.3, 0.4) is 0 Å². The van der Waals surface area contributed by atoms with Crippen LogP contribution in [-0.2, 0) is 16.6 Å². The van der Waals surface area contributed by atoms with E-state index in [1.807, 2.05) is 25.2 Å². The number of nitrogens with zero attached hydrogens (tertiary/aromatic N) is 2. The van der Waals surface area contributed by atoms with Crippen molar-refractivity contribution in [1.29, 1.82) is 0 Å². The van der Waals surface area contributed by atoms with E-state index in [9.17, 15) is 8.42 Å². The first-order chi connectivity index (χ1) is 11.5. The number of benzene rings is 1. The second kappa shape index (κ2) is 6.76. The standard InChI is InChI=1S/C17H16ClN3O2S/c1-19-10-13-9-17(15-6-2-3-7-16(15)18)21(12-13)24(22,23)14-5-4-8-20-11-14/h2-9,11-12,19H,10H2,1H3. The Kier molecular flexibility index (Phi) is 4.71. The van der Waals surface area contributed by atoms with Gasteiger partial charge < -0.3 is 5.32 Å². The van der Waals surface area contributed by atoms with Crippen molar-refractivity contribution >= 4 is 21.6 Å². The molecule has 124 valence electrons. The molecule has 0 bridgehead atoms. The highest BCUT2D eigenvalue weighted by Crippen LogP contribution is 2.31. The van der Waals surface area contributed by atoms with Crippen LogP contribution < -0.4 is 5.32 Å². The minimum absolute atomic E-state index is 0.130. The summed E-state index contributed by atoms with van der Waals surface area (Å²) < 4.78 is 27.3. The normalized spacial score (nSPS) is 11.6. The maximum Gasteiger partial charge on any atom is 0.269 e. The molecule has 0 spiro atoms. The highest BCUT2D eigenvalue weighted by molar-refractivity contribution is 7.90. The van der Waals surface area contributed by atoms with Gasteiger partial charge in [-0.15, -0.1) is 0 Å². The van der Waals surface area contributed by atoms with E-state index in [-0.39, 0.29) is 4.90 Å².